The van der Waals surface area contributed by atoms with E-state index < -0.39 is 0 Å². The summed E-state index contributed by atoms with van der Waals surface area (Å²) in [4.78, 5) is 11.1. The molecule has 1 fully saturated rings. The number of benzene rings is 2. The first-order valence-electron chi connectivity index (χ1n) is 7.82. The molecule has 0 saturated carbocycles. The molecule has 1 N–H and O–H groups in total. The van der Waals surface area contributed by atoms with E-state index in [0.717, 1.165) is 40.0 Å². The van der Waals surface area contributed by atoms with Gasteiger partial charge in [0.25, 0.3) is 0 Å². The molecule has 1 saturated heterocycles. The molecule has 0 amide bonds. The van der Waals surface area contributed by atoms with Crippen molar-refractivity contribution >= 4 is 44.0 Å². The van der Waals surface area contributed by atoms with E-state index in [0.29, 0.717) is 0 Å². The molecule has 0 spiro atoms. The fraction of sp³-hybridized carbons (Fsp3) is 0.222. The lowest BCUT2D eigenvalue weighted by Gasteiger charge is -2.18. The Labute approximate surface area is 143 Å². The largest absolute Gasteiger partial charge is 0.372 e. The first-order chi connectivity index (χ1) is 11.3. The van der Waals surface area contributed by atoms with Gasteiger partial charge in [-0.1, -0.05) is 15.9 Å². The summed E-state index contributed by atoms with van der Waals surface area (Å²) in [7, 11) is 0. The van der Waals surface area contributed by atoms with Crippen LogP contribution in [0.1, 0.15) is 12.8 Å². The van der Waals surface area contributed by atoms with Gasteiger partial charge in [-0.25, -0.2) is 9.97 Å². The molecule has 116 valence electrons. The van der Waals surface area contributed by atoms with Gasteiger partial charge in [-0.15, -0.1) is 0 Å². The summed E-state index contributed by atoms with van der Waals surface area (Å²) >= 11 is 3.51. The zero-order valence-electron chi connectivity index (χ0n) is 12.7. The highest BCUT2D eigenvalue weighted by atomic mass is 79.9. The van der Waals surface area contributed by atoms with Crippen LogP contribution in [0.25, 0.3) is 10.9 Å². The van der Waals surface area contributed by atoms with Crippen LogP contribution in [0.2, 0.25) is 0 Å². The summed E-state index contributed by atoms with van der Waals surface area (Å²) in [6.07, 6.45) is 4.18. The average molecular weight is 369 g/mol. The Kier molecular flexibility index (Phi) is 3.87. The first-order valence-corrected chi connectivity index (χ1v) is 8.61. The summed E-state index contributed by atoms with van der Waals surface area (Å²) in [5.41, 5.74) is 3.26. The molecule has 0 bridgehead atoms. The van der Waals surface area contributed by atoms with Crippen LogP contribution in [0.4, 0.5) is 17.2 Å². The van der Waals surface area contributed by atoms with E-state index >= 15 is 0 Å². The molecule has 1 aromatic heterocycles. The van der Waals surface area contributed by atoms with Gasteiger partial charge < -0.3 is 10.2 Å². The van der Waals surface area contributed by atoms with Gasteiger partial charge in [0.15, 0.2) is 0 Å². The summed E-state index contributed by atoms with van der Waals surface area (Å²) < 4.78 is 1.02. The van der Waals surface area contributed by atoms with Gasteiger partial charge in [0, 0.05) is 34.3 Å². The van der Waals surface area contributed by atoms with Gasteiger partial charge in [0.2, 0.25) is 0 Å². The van der Waals surface area contributed by atoms with Crippen LogP contribution in [0, 0.1) is 0 Å². The lowest BCUT2D eigenvalue weighted by atomic mass is 10.2. The lowest BCUT2D eigenvalue weighted by molar-refractivity contribution is 0.949. The first kappa shape index (κ1) is 14.5. The van der Waals surface area contributed by atoms with Crippen LogP contribution in [-0.4, -0.2) is 23.1 Å². The van der Waals surface area contributed by atoms with Gasteiger partial charge >= 0.3 is 0 Å². The molecule has 4 nitrogen and oxygen atoms in total. The van der Waals surface area contributed by atoms with Crippen molar-refractivity contribution in [2.24, 2.45) is 0 Å². The second kappa shape index (κ2) is 6.16. The third-order valence-corrected chi connectivity index (χ3v) is 4.69. The van der Waals surface area contributed by atoms with Crippen molar-refractivity contribution in [3.05, 3.63) is 53.3 Å². The van der Waals surface area contributed by atoms with Gasteiger partial charge in [-0.05, 0) is 55.3 Å². The van der Waals surface area contributed by atoms with Crippen molar-refractivity contribution in [1.82, 2.24) is 9.97 Å². The molecule has 0 aliphatic carbocycles. The van der Waals surface area contributed by atoms with Crippen LogP contribution in [0.5, 0.6) is 0 Å². The Balaban J connectivity index is 1.61. The molecule has 5 heteroatoms. The molecule has 3 aromatic rings. The third-order valence-electron chi connectivity index (χ3n) is 4.20. The monoisotopic (exact) mass is 368 g/mol. The van der Waals surface area contributed by atoms with E-state index in [-0.39, 0.29) is 0 Å². The summed E-state index contributed by atoms with van der Waals surface area (Å²) in [5, 5.41) is 4.41. The number of hydrogen-bond donors (Lipinski definition) is 1. The van der Waals surface area contributed by atoms with Crippen molar-refractivity contribution < 1.29 is 0 Å². The molecule has 1 aliphatic heterocycles. The SMILES string of the molecule is Brc1ccc2ncnc(Nc3ccc(N4CCCC4)cc3)c2c1. The quantitative estimate of drug-likeness (QED) is 0.724. The highest BCUT2D eigenvalue weighted by Gasteiger charge is 2.12. The normalized spacial score (nSPS) is 14.4. The second-order valence-electron chi connectivity index (χ2n) is 5.75. The van der Waals surface area contributed by atoms with E-state index in [1.54, 1.807) is 6.33 Å². The van der Waals surface area contributed by atoms with Crippen LogP contribution >= 0.6 is 15.9 Å². The molecule has 0 atom stereocenters. The number of hydrogen-bond acceptors (Lipinski definition) is 4. The molecular formula is C18H17BrN4. The third kappa shape index (κ3) is 3.01. The van der Waals surface area contributed by atoms with Crippen molar-refractivity contribution in [2.75, 3.05) is 23.3 Å². The van der Waals surface area contributed by atoms with E-state index in [1.807, 2.05) is 18.2 Å². The van der Waals surface area contributed by atoms with Crippen LogP contribution in [0.15, 0.2) is 53.3 Å². The Bertz CT molecular complexity index is 826. The average Bonchev–Trinajstić information content (AvgIpc) is 3.11. The molecular weight excluding hydrogens is 352 g/mol. The topological polar surface area (TPSA) is 41.1 Å². The van der Waals surface area contributed by atoms with Crippen molar-refractivity contribution in [3.63, 3.8) is 0 Å². The number of nitrogens with zero attached hydrogens (tertiary/aromatic N) is 3. The van der Waals surface area contributed by atoms with Crippen LogP contribution in [-0.2, 0) is 0 Å². The summed E-state index contributed by atoms with van der Waals surface area (Å²) in [6.45, 7) is 2.33. The fourth-order valence-electron chi connectivity index (χ4n) is 3.00. The zero-order chi connectivity index (χ0) is 15.6. The highest BCUT2D eigenvalue weighted by molar-refractivity contribution is 9.10. The Hall–Kier alpha value is -2.14. The fourth-order valence-corrected chi connectivity index (χ4v) is 3.36. The van der Waals surface area contributed by atoms with Gasteiger partial charge in [0.05, 0.1) is 5.52 Å². The number of anilines is 3. The van der Waals surface area contributed by atoms with Gasteiger partial charge in [0.1, 0.15) is 12.1 Å². The van der Waals surface area contributed by atoms with E-state index in [1.165, 1.54) is 18.5 Å². The van der Waals surface area contributed by atoms with E-state index in [9.17, 15) is 0 Å². The maximum Gasteiger partial charge on any atom is 0.141 e. The Morgan fingerprint density at radius 3 is 2.52 bits per heavy atom. The zero-order valence-corrected chi connectivity index (χ0v) is 14.3. The van der Waals surface area contributed by atoms with E-state index in [4.69, 9.17) is 0 Å². The van der Waals surface area contributed by atoms with Crippen LogP contribution in [0.3, 0.4) is 0 Å². The molecule has 2 heterocycles. The Morgan fingerprint density at radius 2 is 1.74 bits per heavy atom. The second-order valence-corrected chi connectivity index (χ2v) is 6.67. The number of rotatable bonds is 3. The molecule has 0 radical (unpaired) electrons. The molecule has 4 rings (SSSR count). The van der Waals surface area contributed by atoms with E-state index in [2.05, 4.69) is 60.4 Å². The minimum absolute atomic E-state index is 0.824. The molecule has 2 aromatic carbocycles. The number of nitrogens with one attached hydrogen (secondary N) is 1. The minimum atomic E-state index is 0.824. The highest BCUT2D eigenvalue weighted by Crippen LogP contribution is 2.27. The lowest BCUT2D eigenvalue weighted by Crippen LogP contribution is -2.17. The summed E-state index contributed by atoms with van der Waals surface area (Å²) in [6, 6.07) is 14.6. The molecule has 1 aliphatic rings. The van der Waals surface area contributed by atoms with Crippen molar-refractivity contribution in [3.8, 4) is 0 Å². The Morgan fingerprint density at radius 1 is 0.957 bits per heavy atom. The maximum atomic E-state index is 4.39. The van der Waals surface area contributed by atoms with Crippen molar-refractivity contribution in [1.29, 1.82) is 0 Å². The number of aromatic nitrogens is 2. The van der Waals surface area contributed by atoms with Gasteiger partial charge in [-0.3, -0.25) is 0 Å². The summed E-state index contributed by atoms with van der Waals surface area (Å²) in [5.74, 6) is 0.824. The molecule has 0 unspecified atom stereocenters. The number of halogens is 1. The van der Waals surface area contributed by atoms with Crippen LogP contribution < -0.4 is 10.2 Å². The predicted molar refractivity (Wildman–Crippen MR) is 98.4 cm³/mol. The number of fused-ring (bicyclic) bond motifs is 1. The maximum absolute atomic E-state index is 4.39. The van der Waals surface area contributed by atoms with Gasteiger partial charge in [-0.2, -0.15) is 0 Å². The molecule has 23 heavy (non-hydrogen) atoms. The minimum Gasteiger partial charge on any atom is -0.372 e. The standard InChI is InChI=1S/C18H17BrN4/c19-13-3-8-17-16(11-13)18(21-12-20-17)22-14-4-6-15(7-5-14)23-9-1-2-10-23/h3-8,11-12H,1-2,9-10H2,(H,20,21,22). The smallest absolute Gasteiger partial charge is 0.141 e. The van der Waals surface area contributed by atoms with Crippen molar-refractivity contribution in [2.45, 2.75) is 12.8 Å². The predicted octanol–water partition coefficient (Wildman–Crippen LogP) is 4.74.